The number of rotatable bonds is 10. The molecule has 1 saturated carbocycles. The number of halogens is 4. The number of aromatic nitrogens is 3. The number of nitrogens with zero attached hydrogens (tertiary/aromatic N) is 8. The van der Waals surface area contributed by atoms with E-state index >= 15 is 13.2 Å². The molecule has 5 aliphatic heterocycles. The predicted molar refractivity (Wildman–Crippen MR) is 250 cm³/mol. The van der Waals surface area contributed by atoms with Gasteiger partial charge in [-0.25, -0.2) is 27.5 Å². The minimum absolute atomic E-state index is 0.0156. The minimum atomic E-state index is -2.92. The summed E-state index contributed by atoms with van der Waals surface area (Å²) in [7, 11) is 3.45. The maximum Gasteiger partial charge on any atom is 0.328 e. The highest BCUT2D eigenvalue weighted by Crippen LogP contribution is 2.45. The molecule has 0 bridgehead atoms. The van der Waals surface area contributed by atoms with Gasteiger partial charge in [-0.3, -0.25) is 34.4 Å². The second-order valence-electron chi connectivity index (χ2n) is 19.3. The first-order chi connectivity index (χ1) is 32.7. The number of imidazole rings is 1. The molecule has 1 spiro atoms. The number of amides is 5. The first kappa shape index (κ1) is 46.2. The lowest BCUT2D eigenvalue weighted by Gasteiger charge is -2.51. The van der Waals surface area contributed by atoms with E-state index in [1.165, 1.54) is 17.2 Å². The zero-order valence-corrected chi connectivity index (χ0v) is 39.3. The molecule has 2 aromatic heterocycles. The van der Waals surface area contributed by atoms with Crippen LogP contribution < -0.4 is 25.8 Å². The number of hydrogen-bond acceptors (Lipinski definition) is 11. The number of carbonyl (C=O) groups excluding carboxylic acids is 4. The van der Waals surface area contributed by atoms with Crippen molar-refractivity contribution in [2.45, 2.75) is 95.4 Å². The van der Waals surface area contributed by atoms with Crippen molar-refractivity contribution in [1.82, 2.24) is 39.9 Å². The number of alkyl halides is 2. The zero-order valence-electron chi connectivity index (χ0n) is 38.6. The third-order valence-electron chi connectivity index (χ3n) is 15.6. The molecular weight excluding hydrogens is 903 g/mol. The minimum Gasteiger partial charge on any atom is -0.385 e. The van der Waals surface area contributed by atoms with Gasteiger partial charge in [-0.15, -0.1) is 5.10 Å². The fraction of sp³-hybridized carbons (Fsp3) is 0.542. The third kappa shape index (κ3) is 8.31. The number of nitrogens with one attached hydrogen (secondary N) is 3. The number of hydrogen-bond donors (Lipinski definition) is 3. The largest absolute Gasteiger partial charge is 0.385 e. The Kier molecular flexibility index (Phi) is 12.3. The van der Waals surface area contributed by atoms with Gasteiger partial charge in [0.05, 0.1) is 52.9 Å². The van der Waals surface area contributed by atoms with E-state index in [1.54, 1.807) is 30.5 Å². The first-order valence-electron chi connectivity index (χ1n) is 23.7. The van der Waals surface area contributed by atoms with Crippen molar-refractivity contribution >= 4 is 63.9 Å². The molecule has 4 aromatic rings. The van der Waals surface area contributed by atoms with Gasteiger partial charge in [0.25, 0.3) is 17.7 Å². The van der Waals surface area contributed by atoms with Gasteiger partial charge in [0, 0.05) is 71.6 Å². The van der Waals surface area contributed by atoms with Crippen LogP contribution in [0.5, 0.6) is 0 Å². The van der Waals surface area contributed by atoms with Gasteiger partial charge >= 0.3 is 6.03 Å². The Morgan fingerprint density at radius 3 is 2.40 bits per heavy atom. The predicted octanol–water partition coefficient (Wildman–Crippen LogP) is 6.15. The summed E-state index contributed by atoms with van der Waals surface area (Å²) < 4.78 is 55.2. The van der Waals surface area contributed by atoms with Crippen LogP contribution in [0.4, 0.5) is 40.8 Å². The number of likely N-dealkylation sites (tertiary alicyclic amines) is 3. The lowest BCUT2D eigenvalue weighted by Crippen LogP contribution is -2.60. The number of imide groups is 1. The Morgan fingerprint density at radius 2 is 1.71 bits per heavy atom. The maximum absolute atomic E-state index is 16.3. The first-order valence-corrected chi connectivity index (χ1v) is 24.1. The van der Waals surface area contributed by atoms with Crippen LogP contribution in [0.2, 0.25) is 5.02 Å². The van der Waals surface area contributed by atoms with Crippen molar-refractivity contribution < 1.29 is 37.1 Å². The molecular formula is C48H57ClF3N11O5. The summed E-state index contributed by atoms with van der Waals surface area (Å²) in [6.07, 6.45) is 7.19. The van der Waals surface area contributed by atoms with Crippen molar-refractivity contribution in [3.05, 3.63) is 75.3 Å². The monoisotopic (exact) mass is 959 g/mol. The Balaban J connectivity index is 0.754. The summed E-state index contributed by atoms with van der Waals surface area (Å²) >= 11 is 6.37. The number of ether oxygens (including phenoxy) is 1. The molecule has 2 aromatic carbocycles. The van der Waals surface area contributed by atoms with Crippen LogP contribution in [-0.2, 0) is 22.5 Å². The van der Waals surface area contributed by atoms with Gasteiger partial charge in [0.1, 0.15) is 0 Å². The molecule has 68 heavy (non-hydrogen) atoms. The number of piperidine rings is 3. The summed E-state index contributed by atoms with van der Waals surface area (Å²) in [6.45, 7) is 4.73. The van der Waals surface area contributed by atoms with E-state index in [2.05, 4.69) is 25.8 Å². The molecule has 1 unspecified atom stereocenters. The highest BCUT2D eigenvalue weighted by atomic mass is 35.5. The summed E-state index contributed by atoms with van der Waals surface area (Å²) in [5, 5.41) is 13.2. The van der Waals surface area contributed by atoms with E-state index in [4.69, 9.17) is 21.4 Å². The van der Waals surface area contributed by atoms with E-state index < -0.39 is 35.6 Å². The zero-order chi connectivity index (χ0) is 47.6. The quantitative estimate of drug-likeness (QED) is 0.168. The maximum atomic E-state index is 16.3. The van der Waals surface area contributed by atoms with E-state index in [0.717, 1.165) is 42.5 Å². The summed E-state index contributed by atoms with van der Waals surface area (Å²) in [4.78, 5) is 64.9. The smallest absolute Gasteiger partial charge is 0.328 e. The molecule has 362 valence electrons. The van der Waals surface area contributed by atoms with Gasteiger partial charge in [0.2, 0.25) is 5.91 Å². The van der Waals surface area contributed by atoms with Crippen molar-refractivity contribution in [2.24, 2.45) is 5.41 Å². The SMILES string of the molecule is CNc1cc(N2CCc3c(CN4CCC(N5CCC6(CCN(C(=O)c7cc(N8CCC(=O)NC8=O)c(C)c(Cl)c7F)CC6)CC5)C(F)(F)C4)cccc32)nn2c(C(=O)N[C@@H]3CC[C@H]3OC)cnc12. The standard InChI is InChI=1S/C48H57ClF3N11O5/c1-28-35(62-18-11-40(64)56-46(62)67)23-31(42(50)41(28)49)45(66)60-21-14-47(15-22-60)12-19-59(20-13-47)38-10-16-58(27-48(38,51)52)26-29-5-4-6-34-30(29)9-17-61(34)39-24-33(53-2)43-54-25-36(63(43)57-39)44(65)55-32-7-8-37(32)68-3/h4-6,23-25,32,37-38,53H,7-22,26-27H2,1-3H3,(H,55,65)(H,56,64,67)/t32-,37-,38?/m1/s1. The highest BCUT2D eigenvalue weighted by Gasteiger charge is 2.50. The molecule has 10 rings (SSSR count). The molecule has 5 fully saturated rings. The van der Waals surface area contributed by atoms with Crippen molar-refractivity contribution in [2.75, 3.05) is 81.6 Å². The van der Waals surface area contributed by atoms with Crippen LogP contribution in [0.25, 0.3) is 5.65 Å². The second kappa shape index (κ2) is 18.1. The Labute approximate surface area is 397 Å². The van der Waals surface area contributed by atoms with Gasteiger partial charge in [-0.1, -0.05) is 23.7 Å². The van der Waals surface area contributed by atoms with Gasteiger partial charge < -0.3 is 25.2 Å². The normalized spacial score (nSPS) is 24.0. The van der Waals surface area contributed by atoms with E-state index in [0.29, 0.717) is 99.9 Å². The number of benzene rings is 2. The van der Waals surface area contributed by atoms with Gasteiger partial charge in [-0.05, 0) is 106 Å². The molecule has 7 heterocycles. The van der Waals surface area contributed by atoms with Crippen LogP contribution in [0.3, 0.4) is 0 Å². The Morgan fingerprint density at radius 1 is 0.956 bits per heavy atom. The number of carbonyl (C=O) groups is 4. The molecule has 16 nitrogen and oxygen atoms in total. The Bertz CT molecular complexity index is 2660. The van der Waals surface area contributed by atoms with Crippen LogP contribution in [-0.4, -0.2) is 144 Å². The lowest BCUT2D eigenvalue weighted by molar-refractivity contribution is -0.139. The van der Waals surface area contributed by atoms with Crippen LogP contribution in [0.1, 0.15) is 88.9 Å². The Hall–Kier alpha value is -5.50. The number of methoxy groups -OCH3 is 1. The summed E-state index contributed by atoms with van der Waals surface area (Å²) in [6, 6.07) is 7.70. The molecule has 6 aliphatic rings. The molecule has 1 aliphatic carbocycles. The lowest BCUT2D eigenvalue weighted by atomic mass is 9.70. The van der Waals surface area contributed by atoms with Crippen molar-refractivity contribution in [3.8, 4) is 0 Å². The van der Waals surface area contributed by atoms with Crippen molar-refractivity contribution in [3.63, 3.8) is 0 Å². The van der Waals surface area contributed by atoms with Gasteiger partial charge in [0.15, 0.2) is 23.0 Å². The van der Waals surface area contributed by atoms with E-state index in [-0.39, 0.29) is 59.3 Å². The van der Waals surface area contributed by atoms with Gasteiger partial charge in [-0.2, -0.15) is 0 Å². The molecule has 3 atom stereocenters. The van der Waals surface area contributed by atoms with Crippen LogP contribution in [0, 0.1) is 18.2 Å². The fourth-order valence-electron chi connectivity index (χ4n) is 11.4. The topological polar surface area (TPSA) is 160 Å². The van der Waals surface area contributed by atoms with Crippen LogP contribution >= 0.6 is 11.6 Å². The molecule has 20 heteroatoms. The average Bonchev–Trinajstić information content (AvgIpc) is 3.96. The summed E-state index contributed by atoms with van der Waals surface area (Å²) in [5.74, 6) is -4.34. The van der Waals surface area contributed by atoms with E-state index in [1.807, 2.05) is 34.1 Å². The average molecular weight is 961 g/mol. The number of urea groups is 1. The second-order valence-corrected chi connectivity index (χ2v) is 19.7. The highest BCUT2D eigenvalue weighted by molar-refractivity contribution is 6.32. The van der Waals surface area contributed by atoms with E-state index in [9.17, 15) is 19.2 Å². The molecule has 4 saturated heterocycles. The van der Waals surface area contributed by atoms with Crippen molar-refractivity contribution in [1.29, 1.82) is 0 Å². The third-order valence-corrected chi connectivity index (χ3v) is 16.1. The fourth-order valence-corrected chi connectivity index (χ4v) is 11.6. The van der Waals surface area contributed by atoms with Crippen LogP contribution in [0.15, 0.2) is 36.5 Å². The number of fused-ring (bicyclic) bond motifs is 2. The number of anilines is 4. The molecule has 0 radical (unpaired) electrons. The molecule has 5 amide bonds. The summed E-state index contributed by atoms with van der Waals surface area (Å²) in [5.41, 5.74) is 4.87. The molecule has 3 N–H and O–H groups in total.